The number of hydrogen-bond donors (Lipinski definition) is 1. The number of pyridine rings is 2. The summed E-state index contributed by atoms with van der Waals surface area (Å²) < 4.78 is 2.02. The van der Waals surface area contributed by atoms with Crippen molar-refractivity contribution in [2.75, 3.05) is 12.4 Å². The molecule has 0 fully saturated rings. The number of nitrogens with one attached hydrogen (secondary N) is 1. The zero-order valence-corrected chi connectivity index (χ0v) is 15.3. The molecular formula is C19H23N5O. The second kappa shape index (κ2) is 6.55. The highest BCUT2D eigenvalue weighted by atomic mass is 16.2. The molecule has 0 atom stereocenters. The van der Waals surface area contributed by atoms with Gasteiger partial charge in [-0.3, -0.25) is 4.98 Å². The van der Waals surface area contributed by atoms with Gasteiger partial charge < -0.3 is 14.6 Å². The molecule has 0 aromatic carbocycles. The van der Waals surface area contributed by atoms with Crippen LogP contribution in [0, 0.1) is 27.7 Å². The molecule has 6 heteroatoms. The Balaban J connectivity index is 1.80. The van der Waals surface area contributed by atoms with Gasteiger partial charge in [0.05, 0.1) is 29.3 Å². The maximum atomic E-state index is 12.6. The number of carbonyl (C=O) groups is 1. The number of rotatable bonds is 3. The van der Waals surface area contributed by atoms with Crippen molar-refractivity contribution < 1.29 is 4.79 Å². The lowest BCUT2D eigenvalue weighted by atomic mass is 10.1. The summed E-state index contributed by atoms with van der Waals surface area (Å²) in [6.07, 6.45) is 1.97. The molecule has 1 N–H and O–H groups in total. The molecule has 3 aromatic heterocycles. The van der Waals surface area contributed by atoms with Gasteiger partial charge in [-0.05, 0) is 51.5 Å². The molecule has 0 aliphatic rings. The molecule has 0 aliphatic carbocycles. The van der Waals surface area contributed by atoms with Crippen molar-refractivity contribution in [2.45, 2.75) is 34.2 Å². The highest BCUT2D eigenvalue weighted by molar-refractivity contribution is 5.90. The first-order valence-electron chi connectivity index (χ1n) is 8.26. The number of aryl methyl sites for hydroxylation is 4. The van der Waals surface area contributed by atoms with Gasteiger partial charge in [0.25, 0.3) is 0 Å². The van der Waals surface area contributed by atoms with Crippen LogP contribution < -0.4 is 5.32 Å². The largest absolute Gasteiger partial charge is 0.322 e. The van der Waals surface area contributed by atoms with Crippen molar-refractivity contribution in [3.05, 3.63) is 58.8 Å². The van der Waals surface area contributed by atoms with Gasteiger partial charge in [0.2, 0.25) is 0 Å². The lowest BCUT2D eigenvalue weighted by molar-refractivity contribution is 0.220. The van der Waals surface area contributed by atoms with Gasteiger partial charge >= 0.3 is 6.03 Å². The number of amides is 2. The van der Waals surface area contributed by atoms with Crippen molar-refractivity contribution >= 4 is 17.4 Å². The van der Waals surface area contributed by atoms with Crippen LogP contribution in [-0.4, -0.2) is 32.3 Å². The van der Waals surface area contributed by atoms with Crippen LogP contribution in [-0.2, 0) is 6.54 Å². The van der Waals surface area contributed by atoms with Crippen LogP contribution in [0.25, 0.3) is 5.65 Å². The van der Waals surface area contributed by atoms with Gasteiger partial charge in [-0.2, -0.15) is 0 Å². The lowest BCUT2D eigenvalue weighted by Gasteiger charge is -2.20. The van der Waals surface area contributed by atoms with Gasteiger partial charge in [0.15, 0.2) is 0 Å². The molecule has 130 valence electrons. The average Bonchev–Trinajstić information content (AvgIpc) is 2.86. The molecular weight excluding hydrogens is 314 g/mol. The maximum Gasteiger partial charge on any atom is 0.321 e. The van der Waals surface area contributed by atoms with E-state index in [1.165, 1.54) is 0 Å². The molecule has 0 aliphatic heterocycles. The Labute approximate surface area is 147 Å². The van der Waals surface area contributed by atoms with E-state index in [2.05, 4.69) is 15.3 Å². The van der Waals surface area contributed by atoms with Crippen LogP contribution in [0.1, 0.15) is 28.3 Å². The summed E-state index contributed by atoms with van der Waals surface area (Å²) in [7, 11) is 1.78. The van der Waals surface area contributed by atoms with Crippen LogP contribution in [0.5, 0.6) is 0 Å². The number of anilines is 1. The smallest absolute Gasteiger partial charge is 0.321 e. The molecule has 6 nitrogen and oxygen atoms in total. The minimum Gasteiger partial charge on any atom is -0.322 e. The van der Waals surface area contributed by atoms with Crippen LogP contribution in [0.3, 0.4) is 0 Å². The van der Waals surface area contributed by atoms with E-state index in [1.54, 1.807) is 11.9 Å². The highest BCUT2D eigenvalue weighted by Gasteiger charge is 2.16. The van der Waals surface area contributed by atoms with Crippen LogP contribution in [0.4, 0.5) is 10.5 Å². The molecule has 25 heavy (non-hydrogen) atoms. The standard InChI is InChI=1S/C19H23N5O/c1-12-10-13(2)20-15(4)18(12)22-19(25)23(5)11-16-14(3)21-17-8-6-7-9-24(16)17/h6-10H,11H2,1-5H3,(H,22,25). The molecule has 0 unspecified atom stereocenters. The lowest BCUT2D eigenvalue weighted by Crippen LogP contribution is -2.32. The monoisotopic (exact) mass is 337 g/mol. The van der Waals surface area contributed by atoms with E-state index in [0.717, 1.165) is 39.7 Å². The molecule has 3 heterocycles. The number of nitrogens with zero attached hydrogens (tertiary/aromatic N) is 4. The number of carbonyl (C=O) groups excluding carboxylic acids is 1. The van der Waals surface area contributed by atoms with Crippen LogP contribution >= 0.6 is 0 Å². The summed E-state index contributed by atoms with van der Waals surface area (Å²) in [5.41, 5.74) is 6.38. The second-order valence-electron chi connectivity index (χ2n) is 6.40. The van der Waals surface area contributed by atoms with Gasteiger partial charge in [-0.1, -0.05) is 6.07 Å². The van der Waals surface area contributed by atoms with Crippen molar-refractivity contribution in [2.24, 2.45) is 0 Å². The van der Waals surface area contributed by atoms with Gasteiger partial charge in [0, 0.05) is 18.9 Å². The van der Waals surface area contributed by atoms with Crippen molar-refractivity contribution in [1.82, 2.24) is 19.3 Å². The summed E-state index contributed by atoms with van der Waals surface area (Å²) in [6.45, 7) is 8.27. The molecule has 0 saturated carbocycles. The third-order valence-corrected chi connectivity index (χ3v) is 4.32. The quantitative estimate of drug-likeness (QED) is 0.794. The Bertz CT molecular complexity index is 921. The van der Waals surface area contributed by atoms with Gasteiger partial charge in [0.1, 0.15) is 5.65 Å². The van der Waals surface area contributed by atoms with E-state index >= 15 is 0 Å². The Morgan fingerprint density at radius 1 is 1.16 bits per heavy atom. The summed E-state index contributed by atoms with van der Waals surface area (Å²) in [5.74, 6) is 0. The fourth-order valence-corrected chi connectivity index (χ4v) is 3.07. The van der Waals surface area contributed by atoms with Crippen molar-refractivity contribution in [3.8, 4) is 0 Å². The molecule has 2 amide bonds. The molecule has 3 rings (SSSR count). The Hall–Kier alpha value is -2.89. The first-order chi connectivity index (χ1) is 11.9. The topological polar surface area (TPSA) is 62.5 Å². The van der Waals surface area contributed by atoms with Gasteiger partial charge in [-0.15, -0.1) is 0 Å². The summed E-state index contributed by atoms with van der Waals surface area (Å²) >= 11 is 0. The maximum absolute atomic E-state index is 12.6. The summed E-state index contributed by atoms with van der Waals surface area (Å²) in [6, 6.07) is 7.68. The van der Waals surface area contributed by atoms with E-state index in [4.69, 9.17) is 0 Å². The highest BCUT2D eigenvalue weighted by Crippen LogP contribution is 2.20. The third kappa shape index (κ3) is 3.33. The van der Waals surface area contributed by atoms with E-state index in [1.807, 2.05) is 62.6 Å². The number of hydrogen-bond acceptors (Lipinski definition) is 3. The normalized spacial score (nSPS) is 10.9. The van der Waals surface area contributed by atoms with Crippen LogP contribution in [0.15, 0.2) is 30.5 Å². The number of urea groups is 1. The van der Waals surface area contributed by atoms with Crippen LogP contribution in [0.2, 0.25) is 0 Å². The van der Waals surface area contributed by atoms with Crippen molar-refractivity contribution in [3.63, 3.8) is 0 Å². The van der Waals surface area contributed by atoms with Gasteiger partial charge in [-0.25, -0.2) is 9.78 Å². The minimum absolute atomic E-state index is 0.165. The molecule has 0 bridgehead atoms. The first kappa shape index (κ1) is 17.0. The third-order valence-electron chi connectivity index (χ3n) is 4.32. The summed E-state index contributed by atoms with van der Waals surface area (Å²) in [5, 5.41) is 2.98. The van der Waals surface area contributed by atoms with E-state index in [9.17, 15) is 4.79 Å². The Morgan fingerprint density at radius 3 is 2.64 bits per heavy atom. The zero-order chi connectivity index (χ0) is 18.1. The average molecular weight is 337 g/mol. The SMILES string of the molecule is Cc1cc(C)c(NC(=O)N(C)Cc2c(C)nc3ccccn23)c(C)n1. The molecule has 0 saturated heterocycles. The number of fused-ring (bicyclic) bond motifs is 1. The second-order valence-corrected chi connectivity index (χ2v) is 6.40. The molecule has 0 radical (unpaired) electrons. The number of aromatic nitrogens is 3. The molecule has 3 aromatic rings. The predicted octanol–water partition coefficient (Wildman–Crippen LogP) is 3.63. The minimum atomic E-state index is -0.165. The van der Waals surface area contributed by atoms with E-state index in [0.29, 0.717) is 6.54 Å². The number of imidazole rings is 1. The molecule has 0 spiro atoms. The zero-order valence-electron chi connectivity index (χ0n) is 15.3. The van der Waals surface area contributed by atoms with E-state index < -0.39 is 0 Å². The summed E-state index contributed by atoms with van der Waals surface area (Å²) in [4.78, 5) is 23.3. The Morgan fingerprint density at radius 2 is 1.92 bits per heavy atom. The first-order valence-corrected chi connectivity index (χ1v) is 8.26. The Kier molecular flexibility index (Phi) is 4.44. The fraction of sp³-hybridized carbons (Fsp3) is 0.316. The fourth-order valence-electron chi connectivity index (χ4n) is 3.07. The predicted molar refractivity (Wildman–Crippen MR) is 98.9 cm³/mol. The van der Waals surface area contributed by atoms with Crippen molar-refractivity contribution in [1.29, 1.82) is 0 Å². The van der Waals surface area contributed by atoms with E-state index in [-0.39, 0.29) is 6.03 Å².